The lowest BCUT2D eigenvalue weighted by Crippen LogP contribution is -1.93. The minimum absolute atomic E-state index is 0.660. The number of halogens is 1. The highest BCUT2D eigenvalue weighted by Crippen LogP contribution is 2.21. The second-order valence-corrected chi connectivity index (χ2v) is 4.46. The largest absolute Gasteiger partial charge is 0.497 e. The number of hydrazone groups is 1. The second-order valence-electron chi connectivity index (χ2n) is 4.03. The maximum Gasteiger partial charge on any atom is 0.123 e. The lowest BCUT2D eigenvalue weighted by atomic mass is 10.2. The first-order valence-electron chi connectivity index (χ1n) is 5.99. The summed E-state index contributed by atoms with van der Waals surface area (Å²) in [5.74, 6) is 1.43. The summed E-state index contributed by atoms with van der Waals surface area (Å²) in [6, 6.07) is 12.9. The Labute approximate surface area is 123 Å². The minimum atomic E-state index is 0.660. The van der Waals surface area contributed by atoms with Crippen LogP contribution in [0.3, 0.4) is 0 Å². The van der Waals surface area contributed by atoms with Crippen LogP contribution in [0, 0.1) is 0 Å². The zero-order valence-electron chi connectivity index (χ0n) is 11.3. The fourth-order valence-electron chi connectivity index (χ4n) is 1.64. The van der Waals surface area contributed by atoms with Crippen LogP contribution in [0.5, 0.6) is 11.5 Å². The van der Waals surface area contributed by atoms with E-state index in [1.165, 1.54) is 0 Å². The summed E-state index contributed by atoms with van der Waals surface area (Å²) in [5, 5.41) is 4.82. The van der Waals surface area contributed by atoms with Gasteiger partial charge < -0.3 is 9.47 Å². The van der Waals surface area contributed by atoms with E-state index in [2.05, 4.69) is 10.5 Å². The number of rotatable bonds is 5. The zero-order chi connectivity index (χ0) is 14.4. The molecule has 2 aromatic rings. The Hall–Kier alpha value is -2.20. The fourth-order valence-corrected chi connectivity index (χ4v) is 1.83. The van der Waals surface area contributed by atoms with Gasteiger partial charge in [-0.25, -0.2) is 0 Å². The van der Waals surface area contributed by atoms with Crippen molar-refractivity contribution in [2.75, 3.05) is 19.6 Å². The Morgan fingerprint density at radius 1 is 1.05 bits per heavy atom. The van der Waals surface area contributed by atoms with Crippen molar-refractivity contribution in [2.45, 2.75) is 0 Å². The smallest absolute Gasteiger partial charge is 0.123 e. The summed E-state index contributed by atoms with van der Waals surface area (Å²) in [4.78, 5) is 0. The van der Waals surface area contributed by atoms with Crippen LogP contribution in [0.25, 0.3) is 0 Å². The highest BCUT2D eigenvalue weighted by molar-refractivity contribution is 6.30. The van der Waals surface area contributed by atoms with Crippen molar-refractivity contribution in [3.05, 3.63) is 53.1 Å². The van der Waals surface area contributed by atoms with Crippen molar-refractivity contribution >= 4 is 23.5 Å². The maximum absolute atomic E-state index is 5.89. The summed E-state index contributed by atoms with van der Waals surface area (Å²) in [7, 11) is 3.22. The van der Waals surface area contributed by atoms with Crippen LogP contribution in [0.2, 0.25) is 5.02 Å². The van der Waals surface area contributed by atoms with Crippen molar-refractivity contribution in [3.63, 3.8) is 0 Å². The minimum Gasteiger partial charge on any atom is -0.497 e. The van der Waals surface area contributed by atoms with E-state index in [1.807, 2.05) is 36.4 Å². The van der Waals surface area contributed by atoms with Crippen molar-refractivity contribution in [1.29, 1.82) is 0 Å². The number of nitrogens with zero attached hydrogens (tertiary/aromatic N) is 1. The molecule has 0 aliphatic heterocycles. The lowest BCUT2D eigenvalue weighted by molar-refractivity contribution is 0.394. The molecule has 0 heterocycles. The normalized spacial score (nSPS) is 10.6. The van der Waals surface area contributed by atoms with Gasteiger partial charge in [-0.3, -0.25) is 5.43 Å². The number of anilines is 1. The highest BCUT2D eigenvalue weighted by atomic mass is 35.5. The molecule has 104 valence electrons. The molecule has 1 N–H and O–H groups in total. The van der Waals surface area contributed by atoms with Crippen LogP contribution >= 0.6 is 11.6 Å². The van der Waals surface area contributed by atoms with Crippen LogP contribution < -0.4 is 14.9 Å². The Morgan fingerprint density at radius 3 is 2.35 bits per heavy atom. The van der Waals surface area contributed by atoms with E-state index >= 15 is 0 Å². The van der Waals surface area contributed by atoms with Gasteiger partial charge in [0, 0.05) is 16.7 Å². The standard InChI is InChI=1S/C15H15ClN2O2/c1-19-14-6-11(7-15(9-14)20-2)10-17-18-13-5-3-4-12(16)8-13/h3-10,18H,1-2H3/b17-10+. The molecular weight excluding hydrogens is 276 g/mol. The van der Waals surface area contributed by atoms with Crippen molar-refractivity contribution < 1.29 is 9.47 Å². The number of benzene rings is 2. The van der Waals surface area contributed by atoms with E-state index in [9.17, 15) is 0 Å². The Kier molecular flexibility index (Phi) is 4.85. The SMILES string of the molecule is COc1cc(/C=N/Nc2cccc(Cl)c2)cc(OC)c1. The van der Waals surface area contributed by atoms with Gasteiger partial charge >= 0.3 is 0 Å². The van der Waals surface area contributed by atoms with Gasteiger partial charge in [-0.05, 0) is 30.3 Å². The molecule has 5 heteroatoms. The lowest BCUT2D eigenvalue weighted by Gasteiger charge is -2.05. The Bertz CT molecular complexity index is 592. The van der Waals surface area contributed by atoms with E-state index in [1.54, 1.807) is 26.5 Å². The van der Waals surface area contributed by atoms with Gasteiger partial charge in [0.15, 0.2) is 0 Å². The number of methoxy groups -OCH3 is 2. The van der Waals surface area contributed by atoms with E-state index in [4.69, 9.17) is 21.1 Å². The first-order valence-corrected chi connectivity index (χ1v) is 6.37. The van der Waals surface area contributed by atoms with Crippen molar-refractivity contribution in [3.8, 4) is 11.5 Å². The van der Waals surface area contributed by atoms with E-state index in [0.29, 0.717) is 16.5 Å². The highest BCUT2D eigenvalue weighted by Gasteiger charge is 1.99. The molecule has 0 atom stereocenters. The third-order valence-electron chi connectivity index (χ3n) is 2.61. The van der Waals surface area contributed by atoms with Gasteiger partial charge in [0.2, 0.25) is 0 Å². The number of hydrogen-bond donors (Lipinski definition) is 1. The molecule has 2 aromatic carbocycles. The van der Waals surface area contributed by atoms with Crippen LogP contribution in [-0.4, -0.2) is 20.4 Å². The number of hydrogen-bond acceptors (Lipinski definition) is 4. The average Bonchev–Trinajstić information content (AvgIpc) is 2.47. The maximum atomic E-state index is 5.89. The number of ether oxygens (including phenoxy) is 2. The van der Waals surface area contributed by atoms with E-state index in [0.717, 1.165) is 11.3 Å². The van der Waals surface area contributed by atoms with Crippen LogP contribution in [0.1, 0.15) is 5.56 Å². The Morgan fingerprint density at radius 2 is 1.75 bits per heavy atom. The van der Waals surface area contributed by atoms with Gasteiger partial charge in [0.25, 0.3) is 0 Å². The molecule has 0 bridgehead atoms. The molecule has 0 radical (unpaired) electrons. The molecule has 0 saturated carbocycles. The van der Waals surface area contributed by atoms with Crippen molar-refractivity contribution in [1.82, 2.24) is 0 Å². The van der Waals surface area contributed by atoms with Gasteiger partial charge in [-0.15, -0.1) is 0 Å². The third-order valence-corrected chi connectivity index (χ3v) is 2.84. The van der Waals surface area contributed by atoms with Gasteiger partial charge in [0.1, 0.15) is 11.5 Å². The number of nitrogens with one attached hydrogen (secondary N) is 1. The molecule has 0 amide bonds. The molecule has 2 rings (SSSR count). The van der Waals surface area contributed by atoms with Crippen LogP contribution in [0.15, 0.2) is 47.6 Å². The predicted molar refractivity (Wildman–Crippen MR) is 82.2 cm³/mol. The fraction of sp³-hybridized carbons (Fsp3) is 0.133. The van der Waals surface area contributed by atoms with Crippen LogP contribution in [-0.2, 0) is 0 Å². The molecule has 0 aliphatic carbocycles. The van der Waals surface area contributed by atoms with Gasteiger partial charge in [0.05, 0.1) is 26.1 Å². The predicted octanol–water partition coefficient (Wildman–Crippen LogP) is 3.80. The van der Waals surface area contributed by atoms with Crippen LogP contribution in [0.4, 0.5) is 5.69 Å². The first-order chi connectivity index (χ1) is 9.71. The molecule has 0 saturated heterocycles. The van der Waals surface area contributed by atoms with Gasteiger partial charge in [-0.1, -0.05) is 17.7 Å². The topological polar surface area (TPSA) is 42.8 Å². The van der Waals surface area contributed by atoms with E-state index < -0.39 is 0 Å². The first kappa shape index (κ1) is 14.2. The molecule has 20 heavy (non-hydrogen) atoms. The summed E-state index contributed by atoms with van der Waals surface area (Å²) < 4.78 is 10.4. The van der Waals surface area contributed by atoms with Crippen molar-refractivity contribution in [2.24, 2.45) is 5.10 Å². The summed E-state index contributed by atoms with van der Waals surface area (Å²) >= 11 is 5.89. The molecule has 0 aromatic heterocycles. The summed E-state index contributed by atoms with van der Waals surface area (Å²) in [5.41, 5.74) is 4.61. The molecule has 0 spiro atoms. The molecule has 0 fully saturated rings. The average molecular weight is 291 g/mol. The Balaban J connectivity index is 2.11. The summed E-state index contributed by atoms with van der Waals surface area (Å²) in [6.45, 7) is 0. The van der Waals surface area contributed by atoms with Gasteiger partial charge in [-0.2, -0.15) is 5.10 Å². The molecule has 0 aliphatic rings. The molecule has 4 nitrogen and oxygen atoms in total. The summed E-state index contributed by atoms with van der Waals surface area (Å²) in [6.07, 6.45) is 1.69. The second kappa shape index (κ2) is 6.82. The molecule has 0 unspecified atom stereocenters. The zero-order valence-corrected chi connectivity index (χ0v) is 12.0. The molecular formula is C15H15ClN2O2. The third kappa shape index (κ3) is 3.90. The quantitative estimate of drug-likeness (QED) is 0.673. The monoisotopic (exact) mass is 290 g/mol. The van der Waals surface area contributed by atoms with E-state index in [-0.39, 0.29) is 0 Å².